The van der Waals surface area contributed by atoms with Crippen LogP contribution in [0.4, 0.5) is 0 Å². The minimum absolute atomic E-state index is 0. The van der Waals surface area contributed by atoms with Crippen LogP contribution in [0.2, 0.25) is 6.32 Å². The Hall–Kier alpha value is -0.0151. The maximum absolute atomic E-state index is 2.92. The molecule has 0 aromatic rings. The summed E-state index contributed by atoms with van der Waals surface area (Å²) in [6.45, 7) is 1.08. The molecule has 1 saturated heterocycles. The Kier molecular flexibility index (Phi) is 0.910. The van der Waals surface area contributed by atoms with Crippen molar-refractivity contribution < 1.29 is 1.43 Å². The van der Waals surface area contributed by atoms with E-state index >= 15 is 0 Å². The van der Waals surface area contributed by atoms with Crippen molar-refractivity contribution in [3.8, 4) is 0 Å². The summed E-state index contributed by atoms with van der Waals surface area (Å²) in [5, 5.41) is 2.85. The molecule has 0 aliphatic carbocycles. The third kappa shape index (κ3) is 0.632. The van der Waals surface area contributed by atoms with E-state index in [1.165, 1.54) is 0 Å². The number of hydrazine groups is 1. The van der Waals surface area contributed by atoms with Crippen LogP contribution in [-0.2, 0) is 0 Å². The molecule has 2 N–H and O–H groups in total. The summed E-state index contributed by atoms with van der Waals surface area (Å²) in [5.74, 6) is 0. The quantitative estimate of drug-likeness (QED) is 0.366. The number of hydrogen-bond donors (Lipinski definition) is 2. The lowest BCUT2D eigenvalue weighted by Gasteiger charge is -1.81. The highest BCUT2D eigenvalue weighted by Gasteiger charge is 1.94. The standard InChI is InChI=1S/C2H6BN2/c1-2-4-5-3-1/h4-5H,1-2H2/p+1. The van der Waals surface area contributed by atoms with Gasteiger partial charge in [-0.25, -0.2) is 0 Å². The topological polar surface area (TPSA) is 24.1 Å². The van der Waals surface area contributed by atoms with Gasteiger partial charge in [-0.1, -0.05) is 0 Å². The van der Waals surface area contributed by atoms with E-state index in [1.54, 1.807) is 0 Å². The summed E-state index contributed by atoms with van der Waals surface area (Å²) in [6.07, 6.45) is 1.15. The number of hydrogen-bond acceptors (Lipinski definition) is 2. The molecule has 1 rings (SSSR count). The van der Waals surface area contributed by atoms with Crippen molar-refractivity contribution in [3.63, 3.8) is 0 Å². The van der Waals surface area contributed by atoms with E-state index in [0.29, 0.717) is 0 Å². The van der Waals surface area contributed by atoms with Crippen molar-refractivity contribution in [2.45, 2.75) is 6.32 Å². The Morgan fingerprint density at radius 3 is 3.00 bits per heavy atom. The second-order valence-corrected chi connectivity index (χ2v) is 1.06. The molecule has 0 amide bonds. The Bertz CT molecular complexity index is 23.1. The lowest BCUT2D eigenvalue weighted by Crippen LogP contribution is -2.23. The van der Waals surface area contributed by atoms with Gasteiger partial charge in [-0.15, -0.1) is 0 Å². The molecule has 0 aromatic carbocycles. The average Bonchev–Trinajstić information content (AvgIpc) is 1.76. The van der Waals surface area contributed by atoms with E-state index in [0.717, 1.165) is 12.9 Å². The first-order valence-electron chi connectivity index (χ1n) is 1.80. The minimum atomic E-state index is 0. The fourth-order valence-electron chi connectivity index (χ4n) is 0.361. The summed E-state index contributed by atoms with van der Waals surface area (Å²) in [7, 11) is 2.00. The zero-order valence-corrected chi connectivity index (χ0v) is 2.99. The Labute approximate surface area is 33.7 Å². The van der Waals surface area contributed by atoms with Crippen molar-refractivity contribution in [1.82, 2.24) is 10.8 Å². The van der Waals surface area contributed by atoms with Gasteiger partial charge >= 0.3 is 1.43 Å². The van der Waals surface area contributed by atoms with Crippen molar-refractivity contribution >= 4 is 7.41 Å². The van der Waals surface area contributed by atoms with Crippen LogP contribution in [0, 0.1) is 0 Å². The fraction of sp³-hybridized carbons (Fsp3) is 1.00. The summed E-state index contributed by atoms with van der Waals surface area (Å²) in [6, 6.07) is 0. The Morgan fingerprint density at radius 1 is 1.80 bits per heavy atom. The van der Waals surface area contributed by atoms with Crippen molar-refractivity contribution in [1.29, 1.82) is 0 Å². The molecule has 27 valence electrons. The van der Waals surface area contributed by atoms with E-state index in [-0.39, 0.29) is 1.43 Å². The van der Waals surface area contributed by atoms with Crippen LogP contribution in [0.5, 0.6) is 0 Å². The Morgan fingerprint density at radius 2 is 2.80 bits per heavy atom. The molecule has 0 saturated carbocycles. The first kappa shape index (κ1) is 3.19. The lowest BCUT2D eigenvalue weighted by atomic mass is 9.94. The van der Waals surface area contributed by atoms with Gasteiger partial charge < -0.3 is 5.34 Å². The van der Waals surface area contributed by atoms with Crippen molar-refractivity contribution in [2.75, 3.05) is 6.54 Å². The molecule has 0 unspecified atom stereocenters. The number of rotatable bonds is 0. The van der Waals surface area contributed by atoms with E-state index in [4.69, 9.17) is 0 Å². The Balaban J connectivity index is 0.000000250. The molecular weight excluding hydrogens is 62.8 g/mol. The smallest absolute Gasteiger partial charge is 0.303 e. The first-order valence-corrected chi connectivity index (χ1v) is 1.80. The van der Waals surface area contributed by atoms with Gasteiger partial charge in [-0.05, 0) is 6.32 Å². The molecule has 0 aromatic heterocycles. The third-order valence-electron chi connectivity index (χ3n) is 0.618. The SMILES string of the molecule is [B]1CCNN1.[H+]. The van der Waals surface area contributed by atoms with Gasteiger partial charge in [0.05, 0.1) is 0 Å². The molecule has 5 heavy (non-hydrogen) atoms. The zero-order valence-electron chi connectivity index (χ0n) is 3.99. The molecule has 1 fully saturated rings. The van der Waals surface area contributed by atoms with E-state index < -0.39 is 0 Å². The van der Waals surface area contributed by atoms with E-state index in [1.807, 2.05) is 7.41 Å². The normalized spacial score (nSPS) is 22.4. The van der Waals surface area contributed by atoms with Gasteiger partial charge in [-0.3, -0.25) is 5.43 Å². The molecule has 1 aliphatic rings. The molecule has 0 bridgehead atoms. The highest BCUT2D eigenvalue weighted by molar-refractivity contribution is 6.32. The molecule has 1 radical (unpaired) electrons. The maximum Gasteiger partial charge on any atom is 1.00 e. The van der Waals surface area contributed by atoms with Gasteiger partial charge in [0.25, 0.3) is 0 Å². The van der Waals surface area contributed by atoms with Gasteiger partial charge in [-0.2, -0.15) is 0 Å². The highest BCUT2D eigenvalue weighted by atomic mass is 15.3. The summed E-state index contributed by atoms with van der Waals surface area (Å²) in [4.78, 5) is 0. The molecule has 1 heterocycles. The molecule has 0 atom stereocenters. The van der Waals surface area contributed by atoms with Gasteiger partial charge in [0.15, 0.2) is 0 Å². The second-order valence-electron chi connectivity index (χ2n) is 1.06. The molecule has 3 heteroatoms. The zero-order chi connectivity index (χ0) is 3.54. The lowest BCUT2D eigenvalue weighted by molar-refractivity contribution is 0.757. The minimum Gasteiger partial charge on any atom is -0.303 e. The van der Waals surface area contributed by atoms with Crippen LogP contribution in [0.25, 0.3) is 0 Å². The van der Waals surface area contributed by atoms with Crippen LogP contribution < -0.4 is 10.8 Å². The summed E-state index contributed by atoms with van der Waals surface area (Å²) in [5.41, 5.74) is 2.92. The maximum atomic E-state index is 2.92. The van der Waals surface area contributed by atoms with Gasteiger partial charge in [0.1, 0.15) is 0 Å². The van der Waals surface area contributed by atoms with Crippen LogP contribution in [-0.4, -0.2) is 14.0 Å². The highest BCUT2D eigenvalue weighted by Crippen LogP contribution is 1.73. The summed E-state index contributed by atoms with van der Waals surface area (Å²) >= 11 is 0. The number of nitrogens with one attached hydrogen (secondary N) is 2. The summed E-state index contributed by atoms with van der Waals surface area (Å²) < 4.78 is 0. The second kappa shape index (κ2) is 1.43. The van der Waals surface area contributed by atoms with Gasteiger partial charge in [0.2, 0.25) is 7.41 Å². The van der Waals surface area contributed by atoms with E-state index in [9.17, 15) is 0 Å². The van der Waals surface area contributed by atoms with Crippen LogP contribution in [0.15, 0.2) is 0 Å². The van der Waals surface area contributed by atoms with Crippen molar-refractivity contribution in [3.05, 3.63) is 0 Å². The largest absolute Gasteiger partial charge is 1.00 e. The van der Waals surface area contributed by atoms with E-state index in [2.05, 4.69) is 10.8 Å². The molecule has 0 spiro atoms. The third-order valence-corrected chi connectivity index (χ3v) is 0.618. The fourth-order valence-corrected chi connectivity index (χ4v) is 0.361. The van der Waals surface area contributed by atoms with Crippen molar-refractivity contribution in [2.24, 2.45) is 0 Å². The molecular formula is C2H7BN2+. The first-order chi connectivity index (χ1) is 2.50. The van der Waals surface area contributed by atoms with Crippen LogP contribution >= 0.6 is 0 Å². The van der Waals surface area contributed by atoms with Crippen LogP contribution in [0.1, 0.15) is 1.43 Å². The molecule has 1 aliphatic heterocycles. The monoisotopic (exact) mass is 70.1 g/mol. The van der Waals surface area contributed by atoms with Crippen LogP contribution in [0.3, 0.4) is 0 Å². The average molecular weight is 69.9 g/mol. The molecule has 2 nitrogen and oxygen atoms in total. The predicted octanol–water partition coefficient (Wildman–Crippen LogP) is -0.756. The van der Waals surface area contributed by atoms with Gasteiger partial charge in [0, 0.05) is 6.54 Å². The predicted molar refractivity (Wildman–Crippen MR) is 22.8 cm³/mol.